The molecule has 0 spiro atoms. The monoisotopic (exact) mass is 346 g/mol. The number of aromatic nitrogens is 3. The molecule has 3 rings (SSSR count). The third-order valence-corrected chi connectivity index (χ3v) is 4.76. The molecule has 3 heterocycles. The number of carboxylic acid groups (broad SMARTS) is 1. The maximum atomic E-state index is 12.7. The SMILES string of the molecule is CCc1nc(C)c(C(=O)N2CCC(C(=O)O)(n3cc(C)cn3)CC2)o1. The van der Waals surface area contributed by atoms with Crippen LogP contribution in [-0.4, -0.2) is 49.7 Å². The topological polar surface area (TPSA) is 101 Å². The normalized spacial score (nSPS) is 16.8. The smallest absolute Gasteiger partial charge is 0.331 e. The van der Waals surface area contributed by atoms with E-state index in [0.717, 1.165) is 5.56 Å². The van der Waals surface area contributed by atoms with Gasteiger partial charge in [0.2, 0.25) is 5.76 Å². The first-order valence-electron chi connectivity index (χ1n) is 8.38. The van der Waals surface area contributed by atoms with Crippen molar-refractivity contribution >= 4 is 11.9 Å². The first-order valence-corrected chi connectivity index (χ1v) is 8.38. The third-order valence-electron chi connectivity index (χ3n) is 4.76. The molecule has 0 saturated carbocycles. The van der Waals surface area contributed by atoms with Gasteiger partial charge in [0, 0.05) is 38.5 Å². The Balaban J connectivity index is 1.79. The van der Waals surface area contributed by atoms with Gasteiger partial charge in [0.25, 0.3) is 5.91 Å². The van der Waals surface area contributed by atoms with E-state index in [0.29, 0.717) is 43.9 Å². The molecule has 1 amide bonds. The van der Waals surface area contributed by atoms with Crippen LogP contribution in [0.1, 0.15) is 47.5 Å². The Hall–Kier alpha value is -2.64. The number of nitrogens with zero attached hydrogens (tertiary/aromatic N) is 4. The predicted octanol–water partition coefficient (Wildman–Crippen LogP) is 1.77. The average molecular weight is 346 g/mol. The second kappa shape index (κ2) is 6.34. The Bertz CT molecular complexity index is 799. The van der Waals surface area contributed by atoms with E-state index in [1.807, 2.05) is 13.8 Å². The Morgan fingerprint density at radius 1 is 1.32 bits per heavy atom. The number of carbonyl (C=O) groups is 2. The number of carboxylic acids is 1. The molecule has 2 aromatic heterocycles. The summed E-state index contributed by atoms with van der Waals surface area (Å²) in [6.07, 6.45) is 4.59. The van der Waals surface area contributed by atoms with E-state index in [4.69, 9.17) is 4.42 Å². The summed E-state index contributed by atoms with van der Waals surface area (Å²) < 4.78 is 7.05. The fourth-order valence-corrected chi connectivity index (χ4v) is 3.21. The highest BCUT2D eigenvalue weighted by molar-refractivity contribution is 5.92. The van der Waals surface area contributed by atoms with Gasteiger partial charge in [-0.15, -0.1) is 0 Å². The summed E-state index contributed by atoms with van der Waals surface area (Å²) in [5.41, 5.74) is 0.360. The fourth-order valence-electron chi connectivity index (χ4n) is 3.21. The minimum Gasteiger partial charge on any atom is -0.479 e. The van der Waals surface area contributed by atoms with Crippen LogP contribution in [0.2, 0.25) is 0 Å². The molecule has 2 aromatic rings. The lowest BCUT2D eigenvalue weighted by molar-refractivity contribution is -0.150. The molecule has 8 nitrogen and oxygen atoms in total. The van der Waals surface area contributed by atoms with Crippen LogP contribution in [-0.2, 0) is 16.8 Å². The molecule has 1 saturated heterocycles. The molecule has 1 aliphatic heterocycles. The van der Waals surface area contributed by atoms with Gasteiger partial charge in [-0.3, -0.25) is 9.48 Å². The van der Waals surface area contributed by atoms with Gasteiger partial charge < -0.3 is 14.4 Å². The molecule has 0 aromatic carbocycles. The highest BCUT2D eigenvalue weighted by atomic mass is 16.4. The van der Waals surface area contributed by atoms with Crippen molar-refractivity contribution in [1.29, 1.82) is 0 Å². The lowest BCUT2D eigenvalue weighted by atomic mass is 9.87. The van der Waals surface area contributed by atoms with Crippen LogP contribution in [0.4, 0.5) is 0 Å². The van der Waals surface area contributed by atoms with Crippen molar-refractivity contribution in [2.45, 2.75) is 45.6 Å². The number of hydrogen-bond donors (Lipinski definition) is 1. The highest BCUT2D eigenvalue weighted by Gasteiger charge is 2.45. The average Bonchev–Trinajstić information content (AvgIpc) is 3.20. The van der Waals surface area contributed by atoms with Gasteiger partial charge in [0.05, 0.1) is 11.9 Å². The maximum absolute atomic E-state index is 12.7. The third kappa shape index (κ3) is 2.92. The number of amides is 1. The molecular formula is C17H22N4O4. The molecule has 1 fully saturated rings. The fraction of sp³-hybridized carbons (Fsp3) is 0.529. The summed E-state index contributed by atoms with van der Waals surface area (Å²) in [5.74, 6) is -0.383. The maximum Gasteiger partial charge on any atom is 0.331 e. The zero-order valence-corrected chi connectivity index (χ0v) is 14.7. The predicted molar refractivity (Wildman–Crippen MR) is 88.3 cm³/mol. The van der Waals surface area contributed by atoms with E-state index < -0.39 is 11.5 Å². The molecule has 0 atom stereocenters. The molecule has 0 unspecified atom stereocenters. The first kappa shape index (κ1) is 17.2. The summed E-state index contributed by atoms with van der Waals surface area (Å²) in [5, 5.41) is 14.0. The minimum absolute atomic E-state index is 0.236. The molecule has 0 bridgehead atoms. The number of aliphatic carboxylic acids is 1. The number of carbonyl (C=O) groups excluding carboxylic acids is 1. The molecule has 25 heavy (non-hydrogen) atoms. The van der Waals surface area contributed by atoms with E-state index >= 15 is 0 Å². The zero-order valence-electron chi connectivity index (χ0n) is 14.7. The van der Waals surface area contributed by atoms with E-state index in [9.17, 15) is 14.7 Å². The number of piperidine rings is 1. The van der Waals surface area contributed by atoms with Crippen LogP contribution in [0.25, 0.3) is 0 Å². The number of hydrogen-bond acceptors (Lipinski definition) is 5. The molecule has 134 valence electrons. The van der Waals surface area contributed by atoms with Crippen molar-refractivity contribution in [3.63, 3.8) is 0 Å². The quantitative estimate of drug-likeness (QED) is 0.905. The Morgan fingerprint density at radius 2 is 2.00 bits per heavy atom. The molecule has 1 aliphatic rings. The summed E-state index contributed by atoms with van der Waals surface area (Å²) in [6, 6.07) is 0. The van der Waals surface area contributed by atoms with Crippen LogP contribution >= 0.6 is 0 Å². The number of likely N-dealkylation sites (tertiary alicyclic amines) is 1. The van der Waals surface area contributed by atoms with Gasteiger partial charge in [-0.05, 0) is 19.4 Å². The lowest BCUT2D eigenvalue weighted by Gasteiger charge is -2.38. The van der Waals surface area contributed by atoms with Crippen LogP contribution in [0.3, 0.4) is 0 Å². The van der Waals surface area contributed by atoms with E-state index in [1.54, 1.807) is 24.2 Å². The van der Waals surface area contributed by atoms with Crippen molar-refractivity contribution < 1.29 is 19.1 Å². The molecule has 1 N–H and O–H groups in total. The molecule has 8 heteroatoms. The highest BCUT2D eigenvalue weighted by Crippen LogP contribution is 2.31. The number of rotatable bonds is 4. The molecular weight excluding hydrogens is 324 g/mol. The standard InChI is InChI=1S/C17H22N4O4/c1-4-13-19-12(3)14(25-13)15(22)20-7-5-17(6-8-20,16(23)24)21-10-11(2)9-18-21/h9-10H,4-8H2,1-3H3,(H,23,24). The van der Waals surface area contributed by atoms with Crippen molar-refractivity contribution in [3.8, 4) is 0 Å². The van der Waals surface area contributed by atoms with Crippen molar-refractivity contribution in [3.05, 3.63) is 35.3 Å². The van der Waals surface area contributed by atoms with Crippen molar-refractivity contribution in [2.24, 2.45) is 0 Å². The van der Waals surface area contributed by atoms with Gasteiger partial charge in [-0.25, -0.2) is 9.78 Å². The summed E-state index contributed by atoms with van der Waals surface area (Å²) >= 11 is 0. The second-order valence-electron chi connectivity index (χ2n) is 6.47. The van der Waals surface area contributed by atoms with Gasteiger partial charge in [-0.1, -0.05) is 6.92 Å². The summed E-state index contributed by atoms with van der Waals surface area (Å²) in [4.78, 5) is 30.5. The Labute approximate surface area is 145 Å². The van der Waals surface area contributed by atoms with Crippen LogP contribution in [0, 0.1) is 13.8 Å². The molecule has 0 radical (unpaired) electrons. The summed E-state index contributed by atoms with van der Waals surface area (Å²) in [7, 11) is 0. The lowest BCUT2D eigenvalue weighted by Crippen LogP contribution is -2.52. The van der Waals surface area contributed by atoms with Gasteiger partial charge in [0.15, 0.2) is 11.4 Å². The van der Waals surface area contributed by atoms with Crippen LogP contribution in [0.15, 0.2) is 16.8 Å². The van der Waals surface area contributed by atoms with Crippen LogP contribution < -0.4 is 0 Å². The van der Waals surface area contributed by atoms with E-state index in [-0.39, 0.29) is 11.7 Å². The second-order valence-corrected chi connectivity index (χ2v) is 6.47. The van der Waals surface area contributed by atoms with Crippen molar-refractivity contribution in [2.75, 3.05) is 13.1 Å². The van der Waals surface area contributed by atoms with Gasteiger partial charge >= 0.3 is 5.97 Å². The Kier molecular flexibility index (Phi) is 4.36. The van der Waals surface area contributed by atoms with E-state index in [2.05, 4.69) is 10.1 Å². The number of oxazole rings is 1. The molecule has 0 aliphatic carbocycles. The Morgan fingerprint density at radius 3 is 2.48 bits per heavy atom. The first-order chi connectivity index (χ1) is 11.9. The van der Waals surface area contributed by atoms with Crippen molar-refractivity contribution in [1.82, 2.24) is 19.7 Å². The van der Waals surface area contributed by atoms with Crippen LogP contribution in [0.5, 0.6) is 0 Å². The largest absolute Gasteiger partial charge is 0.479 e. The number of aryl methyl sites for hydroxylation is 3. The summed E-state index contributed by atoms with van der Waals surface area (Å²) in [6.45, 7) is 6.18. The van der Waals surface area contributed by atoms with Gasteiger partial charge in [0.1, 0.15) is 0 Å². The minimum atomic E-state index is -1.12. The van der Waals surface area contributed by atoms with E-state index in [1.165, 1.54) is 4.68 Å². The van der Waals surface area contributed by atoms with Gasteiger partial charge in [-0.2, -0.15) is 5.10 Å². The zero-order chi connectivity index (χ0) is 18.2.